The van der Waals surface area contributed by atoms with E-state index in [1.54, 1.807) is 20.8 Å². The van der Waals surface area contributed by atoms with Crippen LogP contribution in [0.3, 0.4) is 0 Å². The summed E-state index contributed by atoms with van der Waals surface area (Å²) in [5, 5.41) is 3.36. The lowest BCUT2D eigenvalue weighted by Gasteiger charge is -2.24. The van der Waals surface area contributed by atoms with Gasteiger partial charge in [0.1, 0.15) is 5.69 Å². The quantitative estimate of drug-likeness (QED) is 0.774. The molecule has 8 heteroatoms. The van der Waals surface area contributed by atoms with Crippen LogP contribution in [-0.4, -0.2) is 52.1 Å². The topological polar surface area (TPSA) is 89.3 Å². The van der Waals surface area contributed by atoms with Crippen molar-refractivity contribution in [3.05, 3.63) is 28.2 Å². The molecule has 0 bridgehead atoms. The van der Waals surface area contributed by atoms with Gasteiger partial charge in [-0.05, 0) is 33.3 Å². The van der Waals surface area contributed by atoms with Gasteiger partial charge < -0.3 is 4.90 Å². The Labute approximate surface area is 129 Å². The molecule has 1 fully saturated rings. The van der Waals surface area contributed by atoms with Crippen LogP contribution >= 0.6 is 0 Å². The van der Waals surface area contributed by atoms with Gasteiger partial charge in [-0.3, -0.25) is 9.59 Å². The van der Waals surface area contributed by atoms with E-state index in [-0.39, 0.29) is 23.7 Å². The molecule has 1 saturated heterocycles. The summed E-state index contributed by atoms with van der Waals surface area (Å²) >= 11 is 0. The Morgan fingerprint density at radius 2 is 1.95 bits per heavy atom. The Balaban J connectivity index is 2.18. The van der Waals surface area contributed by atoms with E-state index < -0.39 is 19.8 Å². The van der Waals surface area contributed by atoms with Gasteiger partial charge in [-0.25, -0.2) is 13.1 Å². The molecule has 22 heavy (non-hydrogen) atoms. The van der Waals surface area contributed by atoms with Crippen molar-refractivity contribution in [1.82, 2.24) is 14.7 Å². The smallest absolute Gasteiger partial charge is 0.274 e. The highest BCUT2D eigenvalue weighted by molar-refractivity contribution is 7.93. The number of nitrogens with zero attached hydrogens (tertiary/aromatic N) is 3. The van der Waals surface area contributed by atoms with E-state index in [0.717, 1.165) is 4.68 Å². The number of aryl methyl sites for hydroxylation is 1. The highest BCUT2D eigenvalue weighted by Crippen LogP contribution is 2.27. The van der Waals surface area contributed by atoms with E-state index in [1.807, 2.05) is 0 Å². The molecule has 0 saturated carbocycles. The molecule has 1 aliphatic rings. The number of aromatic nitrogens is 2. The fraction of sp³-hybridized carbons (Fsp3) is 0.643. The number of hydrogen-bond donors (Lipinski definition) is 0. The zero-order chi connectivity index (χ0) is 16.7. The fourth-order valence-corrected chi connectivity index (χ4v) is 4.24. The third-order valence-electron chi connectivity index (χ3n) is 3.90. The lowest BCUT2D eigenvalue weighted by atomic mass is 10.3. The van der Waals surface area contributed by atoms with Gasteiger partial charge in [0.15, 0.2) is 9.84 Å². The molecule has 1 aliphatic heterocycles. The lowest BCUT2D eigenvalue weighted by molar-refractivity contribution is 0.0784. The normalized spacial score (nSPS) is 19.5. The first-order valence-corrected chi connectivity index (χ1v) is 8.66. The zero-order valence-corrected chi connectivity index (χ0v) is 14.1. The molecule has 0 radical (unpaired) electrons. The number of sulfone groups is 1. The van der Waals surface area contributed by atoms with Crippen LogP contribution in [0, 0.1) is 0 Å². The Bertz CT molecular complexity index is 746. The molecule has 1 amide bonds. The maximum atomic E-state index is 12.5. The molecule has 0 spiro atoms. The fourth-order valence-electron chi connectivity index (χ4n) is 2.44. The Morgan fingerprint density at radius 3 is 2.50 bits per heavy atom. The maximum Gasteiger partial charge on any atom is 0.274 e. The van der Waals surface area contributed by atoms with Crippen LogP contribution in [0.1, 0.15) is 37.7 Å². The van der Waals surface area contributed by atoms with Crippen molar-refractivity contribution >= 4 is 15.7 Å². The number of carbonyl (C=O) groups is 1. The van der Waals surface area contributed by atoms with Gasteiger partial charge in [-0.2, -0.15) is 5.10 Å². The van der Waals surface area contributed by atoms with Crippen molar-refractivity contribution in [2.45, 2.75) is 37.2 Å². The van der Waals surface area contributed by atoms with E-state index in [1.165, 1.54) is 24.1 Å². The number of amides is 1. The monoisotopic (exact) mass is 327 g/mol. The summed E-state index contributed by atoms with van der Waals surface area (Å²) in [4.78, 5) is 25.2. The first-order chi connectivity index (χ1) is 10.0. The number of hydrogen-bond acceptors (Lipinski definition) is 5. The maximum absolute atomic E-state index is 12.5. The molecule has 0 N–H and O–H groups in total. The van der Waals surface area contributed by atoms with Crippen molar-refractivity contribution < 1.29 is 13.2 Å². The molecule has 2 rings (SSSR count). The van der Waals surface area contributed by atoms with E-state index in [9.17, 15) is 18.0 Å². The summed E-state index contributed by atoms with van der Waals surface area (Å²) in [5.74, 6) is -0.345. The van der Waals surface area contributed by atoms with Crippen molar-refractivity contribution in [3.8, 4) is 0 Å². The van der Waals surface area contributed by atoms with Crippen molar-refractivity contribution in [1.29, 1.82) is 0 Å². The molecule has 1 atom stereocenters. The number of rotatable bonds is 2. The number of likely N-dealkylation sites (tertiary alicyclic amines) is 1. The summed E-state index contributed by atoms with van der Waals surface area (Å²) in [7, 11) is -1.84. The minimum Gasteiger partial charge on any atom is -0.336 e. The molecule has 7 nitrogen and oxygen atoms in total. The van der Waals surface area contributed by atoms with Gasteiger partial charge >= 0.3 is 0 Å². The molecule has 122 valence electrons. The van der Waals surface area contributed by atoms with Crippen molar-refractivity contribution in [2.24, 2.45) is 7.05 Å². The highest BCUT2D eigenvalue weighted by Gasteiger charge is 2.42. The minimum atomic E-state index is -3.31. The first-order valence-electron chi connectivity index (χ1n) is 7.11. The predicted molar refractivity (Wildman–Crippen MR) is 82.5 cm³/mol. The molecule has 0 aliphatic carbocycles. The second kappa shape index (κ2) is 5.49. The van der Waals surface area contributed by atoms with Gasteiger partial charge in [0, 0.05) is 26.2 Å². The molecule has 1 aromatic heterocycles. The summed E-state index contributed by atoms with van der Waals surface area (Å²) in [5.41, 5.74) is -0.151. The summed E-state index contributed by atoms with van der Waals surface area (Å²) < 4.78 is 25.2. The third kappa shape index (κ3) is 2.92. The van der Waals surface area contributed by atoms with Crippen LogP contribution in [0.2, 0.25) is 0 Å². The third-order valence-corrected chi connectivity index (χ3v) is 6.87. The molecule has 0 aromatic carbocycles. The van der Waals surface area contributed by atoms with Crippen molar-refractivity contribution in [2.75, 3.05) is 13.1 Å². The zero-order valence-electron chi connectivity index (χ0n) is 13.2. The standard InChI is InChI=1S/C14H21N3O4S/c1-14(2,3)22(20,21)10-7-8-17(9-10)13(19)11-5-6-12(18)16(4)15-11/h5-6,10H,7-9H2,1-4H3. The van der Waals surface area contributed by atoms with Crippen LogP contribution in [0.5, 0.6) is 0 Å². The first kappa shape index (κ1) is 16.7. The molecule has 1 unspecified atom stereocenters. The summed E-state index contributed by atoms with van der Waals surface area (Å²) in [6.45, 7) is 5.55. The Kier molecular flexibility index (Phi) is 4.16. The van der Waals surface area contributed by atoms with Crippen LogP contribution in [0.15, 0.2) is 16.9 Å². The van der Waals surface area contributed by atoms with Crippen LogP contribution in [0.4, 0.5) is 0 Å². The van der Waals surface area contributed by atoms with E-state index in [2.05, 4.69) is 5.10 Å². The van der Waals surface area contributed by atoms with Gasteiger partial charge in [0.05, 0.1) is 10.00 Å². The van der Waals surface area contributed by atoms with E-state index >= 15 is 0 Å². The molecule has 1 aromatic rings. The molecular formula is C14H21N3O4S. The van der Waals surface area contributed by atoms with E-state index in [0.29, 0.717) is 13.0 Å². The molecule has 2 heterocycles. The van der Waals surface area contributed by atoms with Gasteiger partial charge in [-0.1, -0.05) is 0 Å². The Morgan fingerprint density at radius 1 is 1.32 bits per heavy atom. The number of carbonyl (C=O) groups excluding carboxylic acids is 1. The highest BCUT2D eigenvalue weighted by atomic mass is 32.2. The second-order valence-corrected chi connectivity index (χ2v) is 9.48. The Hall–Kier alpha value is -1.70. The van der Waals surface area contributed by atoms with Gasteiger partial charge in [0.2, 0.25) is 0 Å². The predicted octanol–water partition coefficient (Wildman–Crippen LogP) is 0.208. The summed E-state index contributed by atoms with van der Waals surface area (Å²) in [6, 6.07) is 2.65. The van der Waals surface area contributed by atoms with Crippen LogP contribution < -0.4 is 5.56 Å². The minimum absolute atomic E-state index is 0.149. The SMILES string of the molecule is Cn1nc(C(=O)N2CCC(S(=O)(=O)C(C)(C)C)C2)ccc1=O. The average Bonchev–Trinajstić information content (AvgIpc) is 2.90. The lowest BCUT2D eigenvalue weighted by Crippen LogP contribution is -2.40. The largest absolute Gasteiger partial charge is 0.336 e. The van der Waals surface area contributed by atoms with Crippen LogP contribution in [-0.2, 0) is 16.9 Å². The van der Waals surface area contributed by atoms with Gasteiger partial charge in [0.25, 0.3) is 11.5 Å². The molecular weight excluding hydrogens is 306 g/mol. The average molecular weight is 327 g/mol. The summed E-state index contributed by atoms with van der Waals surface area (Å²) in [6.07, 6.45) is 0.428. The van der Waals surface area contributed by atoms with Gasteiger partial charge in [-0.15, -0.1) is 0 Å². The van der Waals surface area contributed by atoms with E-state index in [4.69, 9.17) is 0 Å². The van der Waals surface area contributed by atoms with Crippen LogP contribution in [0.25, 0.3) is 0 Å². The van der Waals surface area contributed by atoms with Crippen molar-refractivity contribution in [3.63, 3.8) is 0 Å². The second-order valence-electron chi connectivity index (χ2n) is 6.50.